The summed E-state index contributed by atoms with van der Waals surface area (Å²) in [4.78, 5) is 12.2. The molecular formula is C17H22N2O2. The van der Waals surface area contributed by atoms with Crippen LogP contribution in [0.1, 0.15) is 41.8 Å². The van der Waals surface area contributed by atoms with Crippen LogP contribution >= 0.6 is 0 Å². The molecule has 2 unspecified atom stereocenters. The Hall–Kier alpha value is -1.81. The Morgan fingerprint density at radius 2 is 2.24 bits per heavy atom. The second-order valence-electron chi connectivity index (χ2n) is 6.15. The number of rotatable bonds is 3. The van der Waals surface area contributed by atoms with Crippen LogP contribution in [0.3, 0.4) is 0 Å². The van der Waals surface area contributed by atoms with Crippen LogP contribution in [0.4, 0.5) is 0 Å². The number of carbonyl (C=O) groups is 1. The highest BCUT2D eigenvalue weighted by Crippen LogP contribution is 2.23. The van der Waals surface area contributed by atoms with Gasteiger partial charge < -0.3 is 15.5 Å². The fraction of sp³-hybridized carbons (Fsp3) is 0.471. The first-order chi connectivity index (χ1) is 10.1. The topological polar surface area (TPSA) is 68.3 Å². The number of amides is 1. The van der Waals surface area contributed by atoms with Gasteiger partial charge in [-0.1, -0.05) is 18.1 Å². The number of hydrogen-bond acceptors (Lipinski definition) is 3. The van der Waals surface area contributed by atoms with E-state index in [2.05, 4.69) is 5.32 Å². The van der Waals surface area contributed by atoms with Crippen LogP contribution in [-0.2, 0) is 0 Å². The molecule has 4 heteroatoms. The summed E-state index contributed by atoms with van der Waals surface area (Å²) in [5.41, 5.74) is 7.89. The Morgan fingerprint density at radius 1 is 1.38 bits per heavy atom. The van der Waals surface area contributed by atoms with E-state index < -0.39 is 0 Å². The fourth-order valence-corrected chi connectivity index (χ4v) is 3.12. The van der Waals surface area contributed by atoms with Crippen LogP contribution in [0.25, 0.3) is 11.0 Å². The standard InChI is InChI=1S/C17H22N2O2/c1-11-5-6-15-13(7-11)9-16(21-15)17(20)19-10-12-3-2-4-14(18)8-12/h5-7,9,12,14H,2-4,8,10,18H2,1H3,(H,19,20). The summed E-state index contributed by atoms with van der Waals surface area (Å²) >= 11 is 0. The van der Waals surface area contributed by atoms with Gasteiger partial charge in [-0.25, -0.2) is 0 Å². The third-order valence-corrected chi connectivity index (χ3v) is 4.27. The lowest BCUT2D eigenvalue weighted by atomic mass is 9.86. The minimum absolute atomic E-state index is 0.136. The zero-order valence-corrected chi connectivity index (χ0v) is 12.4. The maximum atomic E-state index is 12.2. The summed E-state index contributed by atoms with van der Waals surface area (Å²) < 4.78 is 5.61. The highest BCUT2D eigenvalue weighted by Gasteiger charge is 2.20. The molecular weight excluding hydrogens is 264 g/mol. The average Bonchev–Trinajstić information content (AvgIpc) is 2.88. The van der Waals surface area contributed by atoms with Gasteiger partial charge >= 0.3 is 0 Å². The molecule has 0 aliphatic heterocycles. The monoisotopic (exact) mass is 286 g/mol. The van der Waals surface area contributed by atoms with Gasteiger partial charge in [0.05, 0.1) is 0 Å². The van der Waals surface area contributed by atoms with Crippen molar-refractivity contribution in [1.82, 2.24) is 5.32 Å². The molecule has 1 fully saturated rings. The van der Waals surface area contributed by atoms with E-state index in [1.165, 1.54) is 0 Å². The van der Waals surface area contributed by atoms with Crippen LogP contribution in [0.15, 0.2) is 28.7 Å². The van der Waals surface area contributed by atoms with Gasteiger partial charge in [-0.15, -0.1) is 0 Å². The zero-order valence-electron chi connectivity index (χ0n) is 12.4. The molecule has 112 valence electrons. The first-order valence-corrected chi connectivity index (χ1v) is 7.66. The van der Waals surface area contributed by atoms with Crippen LogP contribution in [0.2, 0.25) is 0 Å². The number of benzene rings is 1. The Kier molecular flexibility index (Phi) is 3.97. The maximum absolute atomic E-state index is 12.2. The van der Waals surface area contributed by atoms with Gasteiger partial charge in [-0.05, 0) is 50.3 Å². The van der Waals surface area contributed by atoms with E-state index in [9.17, 15) is 4.79 Å². The molecule has 1 aromatic heterocycles. The minimum atomic E-state index is -0.136. The molecule has 0 spiro atoms. The molecule has 0 saturated heterocycles. The van der Waals surface area contributed by atoms with Crippen LogP contribution < -0.4 is 11.1 Å². The normalized spacial score (nSPS) is 22.4. The maximum Gasteiger partial charge on any atom is 0.287 e. The molecule has 2 aromatic rings. The lowest BCUT2D eigenvalue weighted by Gasteiger charge is -2.26. The highest BCUT2D eigenvalue weighted by molar-refractivity contribution is 5.96. The highest BCUT2D eigenvalue weighted by atomic mass is 16.3. The van der Waals surface area contributed by atoms with E-state index in [1.54, 1.807) is 0 Å². The van der Waals surface area contributed by atoms with Crippen molar-refractivity contribution in [3.63, 3.8) is 0 Å². The van der Waals surface area contributed by atoms with Crippen molar-refractivity contribution >= 4 is 16.9 Å². The molecule has 1 saturated carbocycles. The predicted octanol–water partition coefficient (Wildman–Crippen LogP) is 2.99. The van der Waals surface area contributed by atoms with Crippen molar-refractivity contribution in [2.24, 2.45) is 11.7 Å². The Morgan fingerprint density at radius 3 is 3.05 bits per heavy atom. The van der Waals surface area contributed by atoms with Crippen LogP contribution in [-0.4, -0.2) is 18.5 Å². The van der Waals surface area contributed by atoms with Gasteiger partial charge in [-0.2, -0.15) is 0 Å². The molecule has 0 bridgehead atoms. The summed E-state index contributed by atoms with van der Waals surface area (Å²) in [5.74, 6) is 0.739. The van der Waals surface area contributed by atoms with E-state index in [4.69, 9.17) is 10.2 Å². The molecule has 3 N–H and O–H groups in total. The second-order valence-corrected chi connectivity index (χ2v) is 6.15. The third-order valence-electron chi connectivity index (χ3n) is 4.27. The molecule has 1 aliphatic rings. The SMILES string of the molecule is Cc1ccc2oc(C(=O)NCC3CCCC(N)C3)cc2c1. The molecule has 4 nitrogen and oxygen atoms in total. The van der Waals surface area contributed by atoms with Gasteiger partial charge in [-0.3, -0.25) is 4.79 Å². The molecule has 1 aromatic carbocycles. The molecule has 0 radical (unpaired) electrons. The van der Waals surface area contributed by atoms with Gasteiger partial charge in [0.15, 0.2) is 5.76 Å². The number of nitrogens with one attached hydrogen (secondary N) is 1. The van der Waals surface area contributed by atoms with Gasteiger partial charge in [0.25, 0.3) is 5.91 Å². The van der Waals surface area contributed by atoms with Crippen LogP contribution in [0, 0.1) is 12.8 Å². The van der Waals surface area contributed by atoms with Gasteiger partial charge in [0.2, 0.25) is 0 Å². The lowest BCUT2D eigenvalue weighted by Crippen LogP contribution is -2.35. The number of nitrogens with two attached hydrogens (primary N) is 1. The van der Waals surface area contributed by atoms with E-state index in [0.29, 0.717) is 18.2 Å². The molecule has 3 rings (SSSR count). The van der Waals surface area contributed by atoms with Crippen LogP contribution in [0.5, 0.6) is 0 Å². The first kappa shape index (κ1) is 14.1. The summed E-state index contributed by atoms with van der Waals surface area (Å²) in [6.45, 7) is 2.71. The molecule has 1 heterocycles. The van der Waals surface area contributed by atoms with Gasteiger partial charge in [0, 0.05) is 18.0 Å². The number of carbonyl (C=O) groups excluding carboxylic acids is 1. The second kappa shape index (κ2) is 5.90. The predicted molar refractivity (Wildman–Crippen MR) is 83.2 cm³/mol. The number of fused-ring (bicyclic) bond motifs is 1. The number of furan rings is 1. The van der Waals surface area contributed by atoms with Crippen molar-refractivity contribution in [2.45, 2.75) is 38.6 Å². The molecule has 1 amide bonds. The largest absolute Gasteiger partial charge is 0.451 e. The lowest BCUT2D eigenvalue weighted by molar-refractivity contribution is 0.0917. The average molecular weight is 286 g/mol. The van der Waals surface area contributed by atoms with E-state index in [0.717, 1.165) is 42.2 Å². The Bertz CT molecular complexity index is 647. The minimum Gasteiger partial charge on any atom is -0.451 e. The van der Waals surface area contributed by atoms with Crippen molar-refractivity contribution in [3.05, 3.63) is 35.6 Å². The quantitative estimate of drug-likeness (QED) is 0.911. The fourth-order valence-electron chi connectivity index (χ4n) is 3.12. The summed E-state index contributed by atoms with van der Waals surface area (Å²) in [7, 11) is 0. The van der Waals surface area contributed by atoms with Crippen molar-refractivity contribution in [1.29, 1.82) is 0 Å². The van der Waals surface area contributed by atoms with E-state index in [-0.39, 0.29) is 11.9 Å². The Balaban J connectivity index is 1.63. The Labute approximate surface area is 124 Å². The number of hydrogen-bond donors (Lipinski definition) is 2. The van der Waals surface area contributed by atoms with Crippen molar-refractivity contribution in [3.8, 4) is 0 Å². The van der Waals surface area contributed by atoms with E-state index in [1.807, 2.05) is 31.2 Å². The number of aryl methyl sites for hydroxylation is 1. The van der Waals surface area contributed by atoms with Crippen molar-refractivity contribution in [2.75, 3.05) is 6.54 Å². The third kappa shape index (κ3) is 3.27. The summed E-state index contributed by atoms with van der Waals surface area (Å²) in [6, 6.07) is 8.01. The zero-order chi connectivity index (χ0) is 14.8. The molecule has 21 heavy (non-hydrogen) atoms. The molecule has 2 atom stereocenters. The molecule has 1 aliphatic carbocycles. The summed E-state index contributed by atoms with van der Waals surface area (Å²) in [6.07, 6.45) is 4.41. The first-order valence-electron chi connectivity index (χ1n) is 7.66. The van der Waals surface area contributed by atoms with Crippen molar-refractivity contribution < 1.29 is 9.21 Å². The van der Waals surface area contributed by atoms with Gasteiger partial charge in [0.1, 0.15) is 5.58 Å². The smallest absolute Gasteiger partial charge is 0.287 e. The summed E-state index contributed by atoms with van der Waals surface area (Å²) in [5, 5.41) is 3.95. The van der Waals surface area contributed by atoms with E-state index >= 15 is 0 Å².